The van der Waals surface area contributed by atoms with Crippen LogP contribution in [0.1, 0.15) is 60.1 Å². The number of nitrogens with one attached hydrogen (secondary N) is 1. The van der Waals surface area contributed by atoms with Crippen LogP contribution in [0.3, 0.4) is 0 Å². The molecular weight excluding hydrogens is 396 g/mol. The molecule has 2 atom stereocenters. The van der Waals surface area contributed by atoms with E-state index in [9.17, 15) is 19.2 Å². The molecule has 1 aliphatic heterocycles. The first-order valence-corrected chi connectivity index (χ1v) is 10.5. The highest BCUT2D eigenvalue weighted by atomic mass is 16.5. The van der Waals surface area contributed by atoms with Crippen molar-refractivity contribution < 1.29 is 23.9 Å². The molecule has 2 aromatic carbocycles. The van der Waals surface area contributed by atoms with Gasteiger partial charge >= 0.3 is 5.97 Å². The second-order valence-electron chi connectivity index (χ2n) is 7.87. The second-order valence-corrected chi connectivity index (χ2v) is 7.87. The van der Waals surface area contributed by atoms with Gasteiger partial charge in [-0.3, -0.25) is 19.3 Å². The summed E-state index contributed by atoms with van der Waals surface area (Å²) < 4.78 is 5.34. The van der Waals surface area contributed by atoms with Gasteiger partial charge in [0.05, 0.1) is 17.3 Å². The fraction of sp³-hybridized carbons (Fsp3) is 0.333. The number of carbonyl (C=O) groups excluding carboxylic acids is 4. The maximum absolute atomic E-state index is 12.6. The summed E-state index contributed by atoms with van der Waals surface area (Å²) in [5, 5.41) is 2.99. The lowest BCUT2D eigenvalue weighted by Crippen LogP contribution is -2.39. The number of amides is 3. The van der Waals surface area contributed by atoms with E-state index < -0.39 is 12.1 Å². The average molecular weight is 420 g/mol. The summed E-state index contributed by atoms with van der Waals surface area (Å²) in [7, 11) is 0. The van der Waals surface area contributed by atoms with E-state index in [1.165, 1.54) is 36.8 Å². The molecule has 0 saturated carbocycles. The van der Waals surface area contributed by atoms with E-state index in [4.69, 9.17) is 4.74 Å². The SMILES string of the molecule is C[C@@H](OC(=O)c1ccc(N2C(=O)CCC2=O)cc1)C(=O)N[C@H]1CCCc2ccccc21. The number of hydrogen-bond acceptors (Lipinski definition) is 5. The van der Waals surface area contributed by atoms with E-state index in [1.54, 1.807) is 0 Å². The predicted octanol–water partition coefficient (Wildman–Crippen LogP) is 3.08. The third-order valence-corrected chi connectivity index (χ3v) is 5.75. The van der Waals surface area contributed by atoms with Crippen LogP contribution in [0.25, 0.3) is 0 Å². The molecule has 0 aromatic heterocycles. The van der Waals surface area contributed by atoms with E-state index in [0.29, 0.717) is 5.69 Å². The number of imide groups is 1. The fourth-order valence-electron chi connectivity index (χ4n) is 4.09. The zero-order valence-electron chi connectivity index (χ0n) is 17.3. The van der Waals surface area contributed by atoms with E-state index in [0.717, 1.165) is 29.7 Å². The number of benzene rings is 2. The van der Waals surface area contributed by atoms with E-state index in [1.807, 2.05) is 18.2 Å². The molecule has 1 aliphatic carbocycles. The number of nitrogens with zero attached hydrogens (tertiary/aromatic N) is 1. The van der Waals surface area contributed by atoms with Crippen molar-refractivity contribution in [2.24, 2.45) is 0 Å². The largest absolute Gasteiger partial charge is 0.449 e. The van der Waals surface area contributed by atoms with Gasteiger partial charge in [-0.05, 0) is 61.6 Å². The minimum Gasteiger partial charge on any atom is -0.449 e. The minimum absolute atomic E-state index is 0.0894. The van der Waals surface area contributed by atoms with Crippen LogP contribution in [0.5, 0.6) is 0 Å². The summed E-state index contributed by atoms with van der Waals surface area (Å²) in [5.41, 5.74) is 3.01. The van der Waals surface area contributed by atoms with Crippen LogP contribution < -0.4 is 10.2 Å². The average Bonchev–Trinajstić information content (AvgIpc) is 3.12. The molecule has 3 amide bonds. The zero-order chi connectivity index (χ0) is 22.0. The van der Waals surface area contributed by atoms with Gasteiger partial charge in [0.2, 0.25) is 11.8 Å². The summed E-state index contributed by atoms with van der Waals surface area (Å²) in [6.07, 6.45) is 2.27. The number of esters is 1. The Morgan fingerprint density at radius 1 is 1.00 bits per heavy atom. The van der Waals surface area contributed by atoms with Crippen molar-refractivity contribution in [2.45, 2.75) is 51.2 Å². The van der Waals surface area contributed by atoms with Crippen molar-refractivity contribution in [1.82, 2.24) is 5.32 Å². The summed E-state index contributed by atoms with van der Waals surface area (Å²) in [6.45, 7) is 1.54. The number of hydrogen-bond donors (Lipinski definition) is 1. The van der Waals surface area contributed by atoms with Crippen LogP contribution in [0.2, 0.25) is 0 Å². The van der Waals surface area contributed by atoms with Crippen LogP contribution in [0.4, 0.5) is 5.69 Å². The Balaban J connectivity index is 1.37. The van der Waals surface area contributed by atoms with Crippen LogP contribution >= 0.6 is 0 Å². The van der Waals surface area contributed by atoms with Gasteiger partial charge in [0.1, 0.15) is 0 Å². The Bertz CT molecular complexity index is 1010. The van der Waals surface area contributed by atoms with Crippen molar-refractivity contribution in [3.05, 3.63) is 65.2 Å². The van der Waals surface area contributed by atoms with Crippen molar-refractivity contribution in [2.75, 3.05) is 4.90 Å². The Hall–Kier alpha value is -3.48. The van der Waals surface area contributed by atoms with Crippen molar-refractivity contribution >= 4 is 29.4 Å². The molecule has 1 saturated heterocycles. The first-order valence-electron chi connectivity index (χ1n) is 10.5. The maximum Gasteiger partial charge on any atom is 0.338 e. The van der Waals surface area contributed by atoms with Gasteiger partial charge in [-0.2, -0.15) is 0 Å². The van der Waals surface area contributed by atoms with Gasteiger partial charge < -0.3 is 10.1 Å². The van der Waals surface area contributed by atoms with Gasteiger partial charge in [0, 0.05) is 12.8 Å². The number of carbonyl (C=O) groups is 4. The second kappa shape index (κ2) is 8.71. The van der Waals surface area contributed by atoms with E-state index >= 15 is 0 Å². The summed E-state index contributed by atoms with van der Waals surface area (Å²) in [5.74, 6) is -1.50. The van der Waals surface area contributed by atoms with Gasteiger partial charge in [-0.1, -0.05) is 24.3 Å². The molecule has 7 nitrogen and oxygen atoms in total. The van der Waals surface area contributed by atoms with Gasteiger partial charge in [-0.15, -0.1) is 0 Å². The number of ether oxygens (including phenoxy) is 1. The Morgan fingerprint density at radius 3 is 2.39 bits per heavy atom. The van der Waals surface area contributed by atoms with Crippen LogP contribution in [0.15, 0.2) is 48.5 Å². The van der Waals surface area contributed by atoms with Crippen molar-refractivity contribution in [3.63, 3.8) is 0 Å². The van der Waals surface area contributed by atoms with Crippen LogP contribution in [0, 0.1) is 0 Å². The van der Waals surface area contributed by atoms with E-state index in [-0.39, 0.29) is 42.2 Å². The van der Waals surface area contributed by atoms with Gasteiger partial charge in [-0.25, -0.2) is 4.79 Å². The van der Waals surface area contributed by atoms with Crippen LogP contribution in [-0.4, -0.2) is 29.8 Å². The first kappa shape index (κ1) is 20.8. The molecule has 0 unspecified atom stereocenters. The topological polar surface area (TPSA) is 92.8 Å². The number of anilines is 1. The molecule has 2 aromatic rings. The molecule has 1 N–H and O–H groups in total. The van der Waals surface area contributed by atoms with Crippen LogP contribution in [-0.2, 0) is 25.5 Å². The Labute approximate surface area is 180 Å². The molecule has 4 rings (SSSR count). The molecule has 1 fully saturated rings. The maximum atomic E-state index is 12.6. The van der Waals surface area contributed by atoms with Gasteiger partial charge in [0.25, 0.3) is 5.91 Å². The molecule has 2 aliphatic rings. The summed E-state index contributed by atoms with van der Waals surface area (Å²) in [6, 6.07) is 14.0. The molecular formula is C24H24N2O5. The third kappa shape index (κ3) is 4.35. The van der Waals surface area contributed by atoms with E-state index in [2.05, 4.69) is 11.4 Å². The number of aryl methyl sites for hydroxylation is 1. The minimum atomic E-state index is -0.956. The van der Waals surface area contributed by atoms with Crippen molar-refractivity contribution in [1.29, 1.82) is 0 Å². The van der Waals surface area contributed by atoms with Crippen molar-refractivity contribution in [3.8, 4) is 0 Å². The fourth-order valence-corrected chi connectivity index (χ4v) is 4.09. The molecule has 0 spiro atoms. The molecule has 0 bridgehead atoms. The zero-order valence-corrected chi connectivity index (χ0v) is 17.3. The monoisotopic (exact) mass is 420 g/mol. The Kier molecular flexibility index (Phi) is 5.84. The number of rotatable bonds is 5. The Morgan fingerprint density at radius 2 is 1.68 bits per heavy atom. The lowest BCUT2D eigenvalue weighted by molar-refractivity contribution is -0.130. The smallest absolute Gasteiger partial charge is 0.338 e. The highest BCUT2D eigenvalue weighted by molar-refractivity contribution is 6.19. The molecule has 31 heavy (non-hydrogen) atoms. The summed E-state index contributed by atoms with van der Waals surface area (Å²) >= 11 is 0. The lowest BCUT2D eigenvalue weighted by atomic mass is 9.87. The molecule has 7 heteroatoms. The van der Waals surface area contributed by atoms with Gasteiger partial charge in [0.15, 0.2) is 6.10 Å². The normalized spacial score (nSPS) is 19.0. The molecule has 1 heterocycles. The quantitative estimate of drug-likeness (QED) is 0.593. The predicted molar refractivity (Wildman–Crippen MR) is 113 cm³/mol. The molecule has 0 radical (unpaired) electrons. The third-order valence-electron chi connectivity index (χ3n) is 5.75. The molecule has 160 valence electrons. The number of fused-ring (bicyclic) bond motifs is 1. The lowest BCUT2D eigenvalue weighted by Gasteiger charge is -2.27. The highest BCUT2D eigenvalue weighted by Gasteiger charge is 2.30. The highest BCUT2D eigenvalue weighted by Crippen LogP contribution is 2.29. The summed E-state index contributed by atoms with van der Waals surface area (Å²) in [4.78, 5) is 49.9. The first-order chi connectivity index (χ1) is 14.9. The standard InChI is InChI=1S/C24H24N2O5/c1-15(23(29)25-20-8-4-6-16-5-2-3-7-19(16)20)31-24(30)17-9-11-18(12-10-17)26-21(27)13-14-22(26)28/h2-3,5,7,9-12,15,20H,4,6,8,13-14H2,1H3,(H,25,29)/t15-,20+/m1/s1.